The van der Waals surface area contributed by atoms with Crippen LogP contribution in [0.3, 0.4) is 0 Å². The average molecular weight is 1020 g/mol. The van der Waals surface area contributed by atoms with Gasteiger partial charge in [0, 0.05) is 72.1 Å². The van der Waals surface area contributed by atoms with Gasteiger partial charge in [0.2, 0.25) is 0 Å². The van der Waals surface area contributed by atoms with Gasteiger partial charge in [0.05, 0.1) is 17.1 Å². The van der Waals surface area contributed by atoms with Crippen molar-refractivity contribution < 1.29 is 0 Å². The molecule has 0 radical (unpaired) electrons. The molecule has 0 spiro atoms. The van der Waals surface area contributed by atoms with Crippen LogP contribution in [0.2, 0.25) is 0 Å². The van der Waals surface area contributed by atoms with E-state index < -0.39 is 0 Å². The summed E-state index contributed by atoms with van der Waals surface area (Å²) in [7, 11) is 0. The van der Waals surface area contributed by atoms with E-state index in [1.54, 1.807) is 0 Å². The van der Waals surface area contributed by atoms with Crippen molar-refractivity contribution in [3.05, 3.63) is 298 Å². The molecule has 10 aromatic carbocycles. The highest BCUT2D eigenvalue weighted by molar-refractivity contribution is 7.25. The van der Waals surface area contributed by atoms with E-state index in [0.29, 0.717) is 0 Å². The third-order valence-corrected chi connectivity index (χ3v) is 16.2. The second kappa shape index (κ2) is 20.8. The maximum atomic E-state index is 5.32. The van der Waals surface area contributed by atoms with Crippen molar-refractivity contribution in [1.29, 1.82) is 0 Å². The average Bonchev–Trinajstić information content (AvgIpc) is 4.01. The second-order valence-electron chi connectivity index (χ2n) is 19.9. The molecule has 0 aliphatic carbocycles. The summed E-state index contributed by atoms with van der Waals surface area (Å²) < 4.78 is 2.60. The summed E-state index contributed by atoms with van der Waals surface area (Å²) in [5.74, 6) is 0. The van der Waals surface area contributed by atoms with E-state index in [4.69, 9.17) is 15.0 Å². The highest BCUT2D eigenvalue weighted by Gasteiger charge is 2.20. The van der Waals surface area contributed by atoms with E-state index in [1.807, 2.05) is 35.9 Å². The number of aromatic nitrogens is 3. The molecule has 0 atom stereocenters. The Morgan fingerprint density at radius 1 is 0.190 bits per heavy atom. The minimum Gasteiger partial charge on any atom is -0.256 e. The van der Waals surface area contributed by atoms with Crippen LogP contribution < -0.4 is 0 Å². The Morgan fingerprint density at radius 2 is 0.595 bits per heavy atom. The maximum Gasteiger partial charge on any atom is 0.0708 e. The number of hydrogen-bond acceptors (Lipinski definition) is 4. The van der Waals surface area contributed by atoms with Crippen LogP contribution in [0.5, 0.6) is 0 Å². The summed E-state index contributed by atoms with van der Waals surface area (Å²) in [6.45, 7) is 0. The molecule has 0 saturated carbocycles. The van der Waals surface area contributed by atoms with Crippen molar-refractivity contribution in [1.82, 2.24) is 15.0 Å². The zero-order valence-corrected chi connectivity index (χ0v) is 43.9. The highest BCUT2D eigenvalue weighted by atomic mass is 32.1. The monoisotopic (exact) mass is 1020 g/mol. The first kappa shape index (κ1) is 47.3. The molecule has 14 aromatic rings. The molecule has 79 heavy (non-hydrogen) atoms. The quantitative estimate of drug-likeness (QED) is 0.130. The van der Waals surface area contributed by atoms with Gasteiger partial charge in [-0.3, -0.25) is 15.0 Å². The number of thiophene rings is 1. The van der Waals surface area contributed by atoms with Crippen LogP contribution in [0.1, 0.15) is 0 Å². The minimum absolute atomic E-state index is 0.917. The molecule has 0 amide bonds. The number of benzene rings is 10. The molecule has 0 N–H and O–H groups in total. The summed E-state index contributed by atoms with van der Waals surface area (Å²) in [6.07, 6.45) is 6.10. The third-order valence-electron chi connectivity index (χ3n) is 15.1. The van der Waals surface area contributed by atoms with Crippen molar-refractivity contribution in [2.75, 3.05) is 0 Å². The fourth-order valence-electron chi connectivity index (χ4n) is 11.2. The Hall–Kier alpha value is -10.1. The second-order valence-corrected chi connectivity index (χ2v) is 21.0. The molecule has 0 fully saturated rings. The molecule has 3 nitrogen and oxygen atoms in total. The standard InChI is InChI=1S/C75H49N3S/c1-4-19-50(20-5-1)69-46-73(55-26-18-25-53(41-55)54-35-38-68-67-33-16-17-34-74(67)79-75(68)45-54)78-49-70(69)66-32-15-14-31-65(66)60-43-58(63-29-12-10-27-61(63)56-36-39-71(76-47-56)51-21-6-2-7-22-51)42-59(44-60)64-30-13-11-28-62(64)57-37-40-72(77-48-57)52-23-8-3-9-24-52/h1-49H. The van der Waals surface area contributed by atoms with E-state index in [2.05, 4.69) is 273 Å². The van der Waals surface area contributed by atoms with Gasteiger partial charge in [-0.1, -0.05) is 224 Å². The van der Waals surface area contributed by atoms with E-state index in [9.17, 15) is 0 Å². The van der Waals surface area contributed by atoms with Crippen LogP contribution in [0.25, 0.3) is 143 Å². The Kier molecular flexibility index (Phi) is 12.4. The lowest BCUT2D eigenvalue weighted by Gasteiger charge is -2.19. The van der Waals surface area contributed by atoms with E-state index in [-0.39, 0.29) is 0 Å². The first-order valence-corrected chi connectivity index (χ1v) is 27.5. The maximum absolute atomic E-state index is 5.32. The van der Waals surface area contributed by atoms with Gasteiger partial charge < -0.3 is 0 Å². The zero-order valence-electron chi connectivity index (χ0n) is 43.0. The molecule has 0 saturated heterocycles. The van der Waals surface area contributed by atoms with Crippen LogP contribution in [0.4, 0.5) is 0 Å². The predicted molar refractivity (Wildman–Crippen MR) is 333 cm³/mol. The SMILES string of the molecule is c1ccc(-c2ccc(-c3ccccc3-c3cc(-c4ccccc4-c4ccc(-c5ccccc5)nc4)cc(-c4ccccc4-c4cnc(-c5cccc(-c6ccc7c(c6)sc6ccccc67)c5)cc4-c4ccccc4)c3)cn2)cc1. The molecule has 4 heteroatoms. The Morgan fingerprint density at radius 3 is 1.15 bits per heavy atom. The topological polar surface area (TPSA) is 38.7 Å². The number of pyridine rings is 3. The first-order valence-electron chi connectivity index (χ1n) is 26.7. The molecule has 0 aliphatic heterocycles. The largest absolute Gasteiger partial charge is 0.256 e. The van der Waals surface area contributed by atoms with Crippen molar-refractivity contribution >= 4 is 31.5 Å². The molecule has 0 bridgehead atoms. The first-order chi connectivity index (χ1) is 39.1. The molecule has 0 aliphatic rings. The molecule has 0 unspecified atom stereocenters. The molecule has 4 aromatic heterocycles. The van der Waals surface area contributed by atoms with E-state index >= 15 is 0 Å². The normalized spacial score (nSPS) is 11.3. The number of nitrogens with zero attached hydrogens (tertiary/aromatic N) is 3. The van der Waals surface area contributed by atoms with Crippen LogP contribution >= 0.6 is 11.3 Å². The molecule has 14 rings (SSSR count). The summed E-state index contributed by atoms with van der Waals surface area (Å²) in [6, 6.07) is 100.0. The third kappa shape index (κ3) is 9.31. The van der Waals surface area contributed by atoms with Gasteiger partial charge in [-0.2, -0.15) is 0 Å². The summed E-state index contributed by atoms with van der Waals surface area (Å²) in [5.41, 5.74) is 23.7. The van der Waals surface area contributed by atoms with Gasteiger partial charge in [0.25, 0.3) is 0 Å². The lowest BCUT2D eigenvalue weighted by atomic mass is 9.85. The Labute approximate surface area is 464 Å². The molecular formula is C75H49N3S. The van der Waals surface area contributed by atoms with E-state index in [0.717, 1.165) is 117 Å². The van der Waals surface area contributed by atoms with Crippen molar-refractivity contribution in [3.8, 4) is 123 Å². The van der Waals surface area contributed by atoms with Gasteiger partial charge >= 0.3 is 0 Å². The van der Waals surface area contributed by atoms with Crippen molar-refractivity contribution in [2.24, 2.45) is 0 Å². The lowest BCUT2D eigenvalue weighted by Crippen LogP contribution is -1.95. The fourth-order valence-corrected chi connectivity index (χ4v) is 12.3. The van der Waals surface area contributed by atoms with Gasteiger partial charge in [-0.05, 0) is 127 Å². The van der Waals surface area contributed by atoms with Crippen LogP contribution in [0.15, 0.2) is 298 Å². The Bertz CT molecular complexity index is 4360. The predicted octanol–water partition coefficient (Wildman–Crippen LogP) is 20.6. The smallest absolute Gasteiger partial charge is 0.0708 e. The number of hydrogen-bond donors (Lipinski definition) is 0. The van der Waals surface area contributed by atoms with Crippen molar-refractivity contribution in [3.63, 3.8) is 0 Å². The highest BCUT2D eigenvalue weighted by Crippen LogP contribution is 2.45. The van der Waals surface area contributed by atoms with Crippen LogP contribution in [-0.2, 0) is 0 Å². The minimum atomic E-state index is 0.917. The summed E-state index contributed by atoms with van der Waals surface area (Å²) in [4.78, 5) is 15.3. The molecule has 370 valence electrons. The van der Waals surface area contributed by atoms with Gasteiger partial charge in [-0.25, -0.2) is 0 Å². The number of fused-ring (bicyclic) bond motifs is 3. The van der Waals surface area contributed by atoms with Gasteiger partial charge in [0.15, 0.2) is 0 Å². The zero-order chi connectivity index (χ0) is 52.5. The molecular weight excluding hydrogens is 975 g/mol. The van der Waals surface area contributed by atoms with Crippen molar-refractivity contribution in [2.45, 2.75) is 0 Å². The fraction of sp³-hybridized carbons (Fsp3) is 0. The Balaban J connectivity index is 0.908. The lowest BCUT2D eigenvalue weighted by molar-refractivity contribution is 1.32. The summed E-state index contributed by atoms with van der Waals surface area (Å²) >= 11 is 1.85. The molecule has 4 heterocycles. The summed E-state index contributed by atoms with van der Waals surface area (Å²) in [5, 5.41) is 2.61. The number of rotatable bonds is 11. The van der Waals surface area contributed by atoms with Gasteiger partial charge in [-0.15, -0.1) is 11.3 Å². The van der Waals surface area contributed by atoms with Crippen LogP contribution in [-0.4, -0.2) is 15.0 Å². The van der Waals surface area contributed by atoms with Crippen LogP contribution in [0, 0.1) is 0 Å². The van der Waals surface area contributed by atoms with Gasteiger partial charge in [0.1, 0.15) is 0 Å². The van der Waals surface area contributed by atoms with E-state index in [1.165, 1.54) is 25.7 Å².